The smallest absolute Gasteiger partial charge is 0.184 e. The number of nitrogens with one attached hydrogen (secondary N) is 1. The van der Waals surface area contributed by atoms with Crippen LogP contribution in [-0.4, -0.2) is 22.3 Å². The Kier molecular flexibility index (Phi) is 3.36. The van der Waals surface area contributed by atoms with Gasteiger partial charge in [0.2, 0.25) is 0 Å². The van der Waals surface area contributed by atoms with Crippen LogP contribution in [0.2, 0.25) is 0 Å². The van der Waals surface area contributed by atoms with Crippen molar-refractivity contribution in [3.05, 3.63) is 29.3 Å². The van der Waals surface area contributed by atoms with Crippen LogP contribution in [0.5, 0.6) is 5.75 Å². The van der Waals surface area contributed by atoms with Crippen LogP contribution in [0.3, 0.4) is 0 Å². The van der Waals surface area contributed by atoms with Gasteiger partial charge in [-0.15, -0.1) is 0 Å². The quantitative estimate of drug-likeness (QED) is 0.861. The van der Waals surface area contributed by atoms with Crippen molar-refractivity contribution in [1.82, 2.24) is 10.2 Å². The first-order valence-corrected chi connectivity index (χ1v) is 7.82. The van der Waals surface area contributed by atoms with Crippen molar-refractivity contribution in [2.24, 2.45) is 0 Å². The van der Waals surface area contributed by atoms with E-state index < -0.39 is 0 Å². The number of fused-ring (bicyclic) bond motifs is 4. The van der Waals surface area contributed by atoms with Crippen molar-refractivity contribution < 1.29 is 4.74 Å². The normalized spacial score (nSPS) is 27.6. The van der Waals surface area contributed by atoms with Gasteiger partial charge in [-0.1, -0.05) is 31.0 Å². The highest BCUT2D eigenvalue weighted by Gasteiger charge is 2.47. The van der Waals surface area contributed by atoms with Gasteiger partial charge in [0, 0.05) is 18.5 Å². The number of hydrogen-bond donors (Lipinski definition) is 1. The summed E-state index contributed by atoms with van der Waals surface area (Å²) < 4.78 is 6.32. The molecular formula is C16H22N2OS. The van der Waals surface area contributed by atoms with Crippen molar-refractivity contribution in [2.45, 2.75) is 51.8 Å². The Hall–Kier alpha value is -1.29. The number of thiocarbonyl (C=S) groups is 1. The van der Waals surface area contributed by atoms with Crippen LogP contribution in [0.1, 0.15) is 50.3 Å². The summed E-state index contributed by atoms with van der Waals surface area (Å²) in [5.41, 5.74) is 2.18. The first-order chi connectivity index (χ1) is 9.53. The summed E-state index contributed by atoms with van der Waals surface area (Å²) in [5, 5.41) is 4.32. The fourth-order valence-corrected chi connectivity index (χ4v) is 3.62. The molecule has 1 aromatic rings. The van der Waals surface area contributed by atoms with Crippen LogP contribution >= 0.6 is 12.2 Å². The lowest BCUT2D eigenvalue weighted by Crippen LogP contribution is -2.64. The van der Waals surface area contributed by atoms with Crippen molar-refractivity contribution in [3.63, 3.8) is 0 Å². The van der Waals surface area contributed by atoms with Gasteiger partial charge >= 0.3 is 0 Å². The molecule has 3 nitrogen and oxygen atoms in total. The number of aryl methyl sites for hydroxylation is 1. The molecule has 2 atom stereocenters. The topological polar surface area (TPSA) is 24.5 Å². The Morgan fingerprint density at radius 1 is 1.50 bits per heavy atom. The minimum Gasteiger partial charge on any atom is -0.468 e. The number of nitrogens with zero attached hydrogens (tertiary/aromatic N) is 1. The van der Waals surface area contributed by atoms with E-state index in [1.54, 1.807) is 0 Å². The zero-order chi connectivity index (χ0) is 14.3. The van der Waals surface area contributed by atoms with Gasteiger partial charge in [-0.2, -0.15) is 0 Å². The van der Waals surface area contributed by atoms with Gasteiger partial charge in [-0.05, 0) is 38.6 Å². The lowest BCUT2D eigenvalue weighted by atomic mass is 9.89. The van der Waals surface area contributed by atoms with Crippen molar-refractivity contribution in [3.8, 4) is 5.75 Å². The summed E-state index contributed by atoms with van der Waals surface area (Å²) in [5.74, 6) is 0.992. The number of unbranched alkanes of at least 4 members (excludes halogenated alkanes) is 1. The molecule has 3 rings (SSSR count). The van der Waals surface area contributed by atoms with Crippen LogP contribution in [0.4, 0.5) is 0 Å². The van der Waals surface area contributed by atoms with Crippen molar-refractivity contribution in [2.75, 3.05) is 6.54 Å². The van der Waals surface area contributed by atoms with Gasteiger partial charge in [0.1, 0.15) is 5.75 Å². The fourth-order valence-electron chi connectivity index (χ4n) is 3.19. The molecule has 2 bridgehead atoms. The van der Waals surface area contributed by atoms with E-state index >= 15 is 0 Å². The first-order valence-electron chi connectivity index (χ1n) is 7.41. The van der Waals surface area contributed by atoms with Gasteiger partial charge in [0.15, 0.2) is 10.8 Å². The van der Waals surface area contributed by atoms with Crippen LogP contribution < -0.4 is 10.1 Å². The van der Waals surface area contributed by atoms with E-state index in [9.17, 15) is 0 Å². The lowest BCUT2D eigenvalue weighted by molar-refractivity contribution is -0.0685. The molecule has 0 saturated carbocycles. The first kappa shape index (κ1) is 13.7. The average molecular weight is 290 g/mol. The Morgan fingerprint density at radius 3 is 3.05 bits per heavy atom. The molecule has 20 heavy (non-hydrogen) atoms. The van der Waals surface area contributed by atoms with E-state index in [2.05, 4.69) is 49.2 Å². The summed E-state index contributed by atoms with van der Waals surface area (Å²) in [6.07, 6.45) is 3.23. The maximum Gasteiger partial charge on any atom is 0.184 e. The summed E-state index contributed by atoms with van der Waals surface area (Å²) in [7, 11) is 0. The molecule has 1 aromatic carbocycles. The van der Waals surface area contributed by atoms with Crippen LogP contribution in [0.15, 0.2) is 18.2 Å². The third-order valence-corrected chi connectivity index (χ3v) is 4.64. The maximum atomic E-state index is 6.32. The van der Waals surface area contributed by atoms with E-state index in [4.69, 9.17) is 17.0 Å². The second-order valence-electron chi connectivity index (χ2n) is 6.03. The molecule has 1 saturated heterocycles. The van der Waals surface area contributed by atoms with Crippen molar-refractivity contribution >= 4 is 17.3 Å². The zero-order valence-corrected chi connectivity index (χ0v) is 13.2. The third kappa shape index (κ3) is 2.16. The molecule has 4 heteroatoms. The summed E-state index contributed by atoms with van der Waals surface area (Å²) >= 11 is 5.56. The molecule has 1 fully saturated rings. The standard InChI is InChI=1S/C16H22N2OS/c1-4-5-8-18-15(20)17-13-10-16(18,3)19-14-7-6-11(2)9-12(13)14/h6-7,9,13H,4-5,8,10H2,1-3H3,(H,17,20). The van der Waals surface area contributed by atoms with Crippen LogP contribution in [-0.2, 0) is 0 Å². The second-order valence-corrected chi connectivity index (χ2v) is 6.42. The maximum absolute atomic E-state index is 6.32. The summed E-state index contributed by atoms with van der Waals surface area (Å²) in [6, 6.07) is 6.67. The monoisotopic (exact) mass is 290 g/mol. The van der Waals surface area contributed by atoms with E-state index in [1.807, 2.05) is 0 Å². The molecule has 0 amide bonds. The minimum absolute atomic E-state index is 0.272. The lowest BCUT2D eigenvalue weighted by Gasteiger charge is -2.52. The highest BCUT2D eigenvalue weighted by atomic mass is 32.1. The highest BCUT2D eigenvalue weighted by molar-refractivity contribution is 7.80. The number of hydrogen-bond acceptors (Lipinski definition) is 2. The third-order valence-electron chi connectivity index (χ3n) is 4.30. The Morgan fingerprint density at radius 2 is 2.30 bits per heavy atom. The van der Waals surface area contributed by atoms with Gasteiger partial charge in [0.05, 0.1) is 6.04 Å². The molecule has 0 aromatic heterocycles. The predicted octanol–water partition coefficient (Wildman–Crippen LogP) is 3.53. The minimum atomic E-state index is -0.315. The molecule has 108 valence electrons. The molecule has 2 aliphatic rings. The molecular weight excluding hydrogens is 268 g/mol. The molecule has 2 unspecified atom stereocenters. The zero-order valence-electron chi connectivity index (χ0n) is 12.4. The Balaban J connectivity index is 1.96. The molecule has 1 N–H and O–H groups in total. The van der Waals surface area contributed by atoms with Gasteiger partial charge in [-0.3, -0.25) is 0 Å². The summed E-state index contributed by atoms with van der Waals surface area (Å²) in [6.45, 7) is 7.42. The van der Waals surface area contributed by atoms with E-state index in [-0.39, 0.29) is 11.8 Å². The molecule has 0 aliphatic carbocycles. The number of rotatable bonds is 3. The predicted molar refractivity (Wildman–Crippen MR) is 84.9 cm³/mol. The van der Waals surface area contributed by atoms with E-state index in [0.29, 0.717) is 0 Å². The highest BCUT2D eigenvalue weighted by Crippen LogP contribution is 2.44. The Bertz CT molecular complexity index is 545. The van der Waals surface area contributed by atoms with Crippen LogP contribution in [0, 0.1) is 6.92 Å². The fraction of sp³-hybridized carbons (Fsp3) is 0.562. The second kappa shape index (κ2) is 4.92. The molecule has 0 spiro atoms. The van der Waals surface area contributed by atoms with Gasteiger partial charge in [0.25, 0.3) is 0 Å². The molecule has 2 heterocycles. The molecule has 2 aliphatic heterocycles. The van der Waals surface area contributed by atoms with Crippen LogP contribution in [0.25, 0.3) is 0 Å². The SMILES string of the molecule is CCCCN1C(=S)NC2CC1(C)Oc1ccc(C)cc12. The molecule has 0 radical (unpaired) electrons. The van der Waals surface area contributed by atoms with Gasteiger partial charge in [-0.25, -0.2) is 0 Å². The average Bonchev–Trinajstić information content (AvgIpc) is 2.39. The summed E-state index contributed by atoms with van der Waals surface area (Å²) in [4.78, 5) is 2.21. The van der Waals surface area contributed by atoms with E-state index in [1.165, 1.54) is 11.1 Å². The van der Waals surface area contributed by atoms with Crippen molar-refractivity contribution in [1.29, 1.82) is 0 Å². The largest absolute Gasteiger partial charge is 0.468 e. The van der Waals surface area contributed by atoms with Gasteiger partial charge < -0.3 is 15.0 Å². The Labute approximate surface area is 126 Å². The van der Waals surface area contributed by atoms with E-state index in [0.717, 1.165) is 36.7 Å². The number of benzene rings is 1. The number of ether oxygens (including phenoxy) is 1.